The molecule has 156 valence electrons. The van der Waals surface area contributed by atoms with Crippen LogP contribution in [0.2, 0.25) is 0 Å². The Bertz CT molecular complexity index is 760. The maximum Gasteiger partial charge on any atom is 0.227 e. The van der Waals surface area contributed by atoms with Crippen LogP contribution < -0.4 is 9.80 Å². The van der Waals surface area contributed by atoms with Crippen LogP contribution in [0.1, 0.15) is 18.5 Å². The molecule has 0 unspecified atom stereocenters. The minimum atomic E-state index is -2.77. The molecule has 4 rings (SSSR count). The highest BCUT2D eigenvalue weighted by atomic mass is 32.2. The van der Waals surface area contributed by atoms with E-state index in [1.165, 1.54) is 0 Å². The number of aromatic nitrogens is 2. The van der Waals surface area contributed by atoms with Crippen molar-refractivity contribution in [1.29, 1.82) is 0 Å². The van der Waals surface area contributed by atoms with E-state index in [9.17, 15) is 8.42 Å². The number of piperazine rings is 1. The number of ether oxygens (including phenoxy) is 1. The van der Waals surface area contributed by atoms with E-state index >= 15 is 0 Å². The number of morpholine rings is 1. The van der Waals surface area contributed by atoms with Crippen molar-refractivity contribution in [3.05, 3.63) is 11.8 Å². The van der Waals surface area contributed by atoms with Crippen molar-refractivity contribution in [3.8, 4) is 0 Å². The highest BCUT2D eigenvalue weighted by Crippen LogP contribution is 2.22. The van der Waals surface area contributed by atoms with Gasteiger partial charge in [0, 0.05) is 57.6 Å². The molecule has 1 aromatic heterocycles. The number of hydrogen-bond donors (Lipinski definition) is 0. The molecule has 8 nitrogen and oxygen atoms in total. The van der Waals surface area contributed by atoms with Gasteiger partial charge in [0.2, 0.25) is 5.95 Å². The van der Waals surface area contributed by atoms with E-state index in [1.54, 1.807) is 0 Å². The van der Waals surface area contributed by atoms with Crippen molar-refractivity contribution in [2.75, 3.05) is 80.3 Å². The van der Waals surface area contributed by atoms with Crippen LogP contribution in [0.25, 0.3) is 0 Å². The number of nitrogens with zero attached hydrogens (tertiary/aromatic N) is 5. The second-order valence-corrected chi connectivity index (χ2v) is 10.5. The molecule has 3 fully saturated rings. The SMILES string of the molecule is Cc1cc(N2CCOCC2)nc(N2CCN(CC3CCS(=O)(=O)CC3)CC2)n1. The Hall–Kier alpha value is -1.45. The van der Waals surface area contributed by atoms with Gasteiger partial charge in [0.1, 0.15) is 15.7 Å². The van der Waals surface area contributed by atoms with Crippen molar-refractivity contribution in [2.24, 2.45) is 5.92 Å². The Morgan fingerprint density at radius 3 is 2.36 bits per heavy atom. The summed E-state index contributed by atoms with van der Waals surface area (Å²) >= 11 is 0. The third-order valence-electron chi connectivity index (χ3n) is 6.01. The summed E-state index contributed by atoms with van der Waals surface area (Å²) in [6, 6.07) is 2.06. The molecule has 1 aromatic rings. The molecule has 9 heteroatoms. The van der Waals surface area contributed by atoms with Crippen LogP contribution in [0.15, 0.2) is 6.07 Å². The molecule has 3 saturated heterocycles. The van der Waals surface area contributed by atoms with Crippen molar-refractivity contribution in [1.82, 2.24) is 14.9 Å². The summed E-state index contributed by atoms with van der Waals surface area (Å²) < 4.78 is 28.7. The van der Waals surface area contributed by atoms with Crippen LogP contribution in [0.4, 0.5) is 11.8 Å². The van der Waals surface area contributed by atoms with Gasteiger partial charge in [-0.25, -0.2) is 13.4 Å². The average Bonchev–Trinajstić information content (AvgIpc) is 2.70. The summed E-state index contributed by atoms with van der Waals surface area (Å²) in [6.45, 7) is 10.1. The Balaban J connectivity index is 1.33. The number of anilines is 2. The highest BCUT2D eigenvalue weighted by molar-refractivity contribution is 7.91. The topological polar surface area (TPSA) is 78.9 Å². The van der Waals surface area contributed by atoms with Gasteiger partial charge in [-0.2, -0.15) is 4.98 Å². The molecule has 0 spiro atoms. The fourth-order valence-corrected chi connectivity index (χ4v) is 5.84. The predicted molar refractivity (Wildman–Crippen MR) is 110 cm³/mol. The first-order valence-corrected chi connectivity index (χ1v) is 12.2. The zero-order valence-electron chi connectivity index (χ0n) is 16.7. The zero-order chi connectivity index (χ0) is 19.6. The van der Waals surface area contributed by atoms with Gasteiger partial charge in [-0.15, -0.1) is 0 Å². The molecule has 0 N–H and O–H groups in total. The number of sulfone groups is 1. The van der Waals surface area contributed by atoms with Crippen molar-refractivity contribution in [2.45, 2.75) is 19.8 Å². The molecule has 0 saturated carbocycles. The largest absolute Gasteiger partial charge is 0.378 e. The van der Waals surface area contributed by atoms with Gasteiger partial charge in [-0.1, -0.05) is 0 Å². The van der Waals surface area contributed by atoms with Gasteiger partial charge < -0.3 is 14.5 Å². The molecule has 3 aliphatic rings. The summed E-state index contributed by atoms with van der Waals surface area (Å²) in [7, 11) is -2.77. The van der Waals surface area contributed by atoms with Crippen LogP contribution in [0.3, 0.4) is 0 Å². The lowest BCUT2D eigenvalue weighted by molar-refractivity contribution is 0.122. The molecule has 0 aliphatic carbocycles. The van der Waals surface area contributed by atoms with Gasteiger partial charge in [-0.3, -0.25) is 4.90 Å². The normalized spacial score (nSPS) is 24.5. The molecule has 4 heterocycles. The molecule has 0 atom stereocenters. The first kappa shape index (κ1) is 19.8. The monoisotopic (exact) mass is 409 g/mol. The van der Waals surface area contributed by atoms with E-state index in [1.807, 2.05) is 6.92 Å². The molecular formula is C19H31N5O3S. The second-order valence-electron chi connectivity index (χ2n) is 8.15. The minimum absolute atomic E-state index is 0.360. The number of rotatable bonds is 4. The third-order valence-corrected chi connectivity index (χ3v) is 7.73. The van der Waals surface area contributed by atoms with E-state index in [-0.39, 0.29) is 0 Å². The van der Waals surface area contributed by atoms with Gasteiger partial charge in [0.05, 0.1) is 24.7 Å². The number of aryl methyl sites for hydroxylation is 1. The van der Waals surface area contributed by atoms with Crippen molar-refractivity contribution < 1.29 is 13.2 Å². The Morgan fingerprint density at radius 1 is 1.00 bits per heavy atom. The summed E-state index contributed by atoms with van der Waals surface area (Å²) in [5.41, 5.74) is 0.998. The van der Waals surface area contributed by atoms with Crippen LogP contribution in [0.5, 0.6) is 0 Å². The maximum absolute atomic E-state index is 11.6. The molecule has 0 bridgehead atoms. The van der Waals surface area contributed by atoms with Crippen LogP contribution in [-0.4, -0.2) is 93.8 Å². The van der Waals surface area contributed by atoms with E-state index in [4.69, 9.17) is 9.72 Å². The molecular weight excluding hydrogens is 378 g/mol. The Labute approximate surface area is 167 Å². The zero-order valence-corrected chi connectivity index (χ0v) is 17.5. The van der Waals surface area contributed by atoms with E-state index in [2.05, 4.69) is 25.8 Å². The summed E-state index contributed by atoms with van der Waals surface area (Å²) in [5.74, 6) is 3.05. The van der Waals surface area contributed by atoms with E-state index in [0.717, 1.165) is 89.3 Å². The molecule has 0 aromatic carbocycles. The summed E-state index contributed by atoms with van der Waals surface area (Å²) in [6.07, 6.45) is 1.62. The number of hydrogen-bond acceptors (Lipinski definition) is 8. The Morgan fingerprint density at radius 2 is 1.68 bits per heavy atom. The molecule has 28 heavy (non-hydrogen) atoms. The second kappa shape index (κ2) is 8.51. The quantitative estimate of drug-likeness (QED) is 0.714. The predicted octanol–water partition coefficient (Wildman–Crippen LogP) is 0.568. The lowest BCUT2D eigenvalue weighted by atomic mass is 10.0. The average molecular weight is 410 g/mol. The molecule has 0 amide bonds. The fourth-order valence-electron chi connectivity index (χ4n) is 4.25. The summed E-state index contributed by atoms with van der Waals surface area (Å²) in [5, 5.41) is 0. The first-order chi connectivity index (χ1) is 13.5. The first-order valence-electron chi connectivity index (χ1n) is 10.3. The van der Waals surface area contributed by atoms with Crippen LogP contribution in [-0.2, 0) is 14.6 Å². The fraction of sp³-hybridized carbons (Fsp3) is 0.789. The Kier molecular flexibility index (Phi) is 6.03. The van der Waals surface area contributed by atoms with Gasteiger partial charge in [0.15, 0.2) is 0 Å². The van der Waals surface area contributed by atoms with Crippen LogP contribution in [0, 0.1) is 12.8 Å². The van der Waals surface area contributed by atoms with Crippen molar-refractivity contribution >= 4 is 21.6 Å². The van der Waals surface area contributed by atoms with Gasteiger partial charge in [-0.05, 0) is 25.7 Å². The van der Waals surface area contributed by atoms with Crippen LogP contribution >= 0.6 is 0 Å². The molecule has 0 radical (unpaired) electrons. The standard InChI is InChI=1S/C19H31N5O3S/c1-16-14-18(23-8-10-27-11-9-23)21-19(20-16)24-6-4-22(5-7-24)15-17-2-12-28(25,26)13-3-17/h14,17H,2-13,15H2,1H3. The van der Waals surface area contributed by atoms with Crippen molar-refractivity contribution in [3.63, 3.8) is 0 Å². The minimum Gasteiger partial charge on any atom is -0.378 e. The van der Waals surface area contributed by atoms with E-state index in [0.29, 0.717) is 17.4 Å². The molecule has 3 aliphatic heterocycles. The smallest absolute Gasteiger partial charge is 0.227 e. The van der Waals surface area contributed by atoms with Gasteiger partial charge in [0.25, 0.3) is 0 Å². The highest BCUT2D eigenvalue weighted by Gasteiger charge is 2.27. The van der Waals surface area contributed by atoms with Gasteiger partial charge >= 0.3 is 0 Å². The third kappa shape index (κ3) is 4.93. The maximum atomic E-state index is 11.6. The van der Waals surface area contributed by atoms with E-state index < -0.39 is 9.84 Å². The lowest BCUT2D eigenvalue weighted by Gasteiger charge is -2.37. The summed E-state index contributed by atoms with van der Waals surface area (Å²) in [4.78, 5) is 16.5. The lowest BCUT2D eigenvalue weighted by Crippen LogP contribution is -2.49.